The Kier molecular flexibility index (Phi) is 7.56. The van der Waals surface area contributed by atoms with Crippen LogP contribution in [0.25, 0.3) is 5.57 Å². The van der Waals surface area contributed by atoms with Crippen molar-refractivity contribution >= 4 is 17.8 Å². The molecule has 0 spiro atoms. The van der Waals surface area contributed by atoms with Crippen molar-refractivity contribution in [3.05, 3.63) is 23.5 Å². The number of imide groups is 1. The van der Waals surface area contributed by atoms with E-state index in [4.69, 9.17) is 19.3 Å². The zero-order chi connectivity index (χ0) is 26.3. The Bertz CT molecular complexity index is 962. The van der Waals surface area contributed by atoms with Crippen LogP contribution in [-0.4, -0.2) is 57.8 Å². The van der Waals surface area contributed by atoms with Gasteiger partial charge in [0.25, 0.3) is 0 Å². The summed E-state index contributed by atoms with van der Waals surface area (Å²) < 4.78 is 18.9. The molecule has 1 aromatic heterocycles. The number of aromatic nitrogens is 2. The number of methoxy groups -OCH3 is 1. The van der Waals surface area contributed by atoms with Gasteiger partial charge in [-0.25, -0.2) is 14.5 Å². The average Bonchev–Trinajstić information content (AvgIpc) is 3.49. The lowest BCUT2D eigenvalue weighted by Gasteiger charge is -2.38. The van der Waals surface area contributed by atoms with E-state index in [9.17, 15) is 9.59 Å². The number of rotatable bonds is 6. The second kappa shape index (κ2) is 10.2. The van der Waals surface area contributed by atoms with Crippen LogP contribution in [0.1, 0.15) is 110 Å². The first-order chi connectivity index (χ1) is 16.8. The molecule has 3 aliphatic rings. The number of nitrogens with zero attached hydrogens (tertiary/aromatic N) is 3. The third-order valence-electron chi connectivity index (χ3n) is 6.96. The fourth-order valence-electron chi connectivity index (χ4n) is 5.03. The second-order valence-corrected chi connectivity index (χ2v) is 12.6. The first kappa shape index (κ1) is 26.7. The molecule has 0 radical (unpaired) electrons. The molecule has 8 nitrogen and oxygen atoms in total. The van der Waals surface area contributed by atoms with Gasteiger partial charge in [0, 0.05) is 31.3 Å². The van der Waals surface area contributed by atoms with E-state index >= 15 is 0 Å². The highest BCUT2D eigenvalue weighted by Gasteiger charge is 2.40. The molecular formula is C28H43N3O5. The number of amides is 2. The van der Waals surface area contributed by atoms with Crippen LogP contribution in [0.3, 0.4) is 0 Å². The van der Waals surface area contributed by atoms with Gasteiger partial charge in [0.2, 0.25) is 0 Å². The van der Waals surface area contributed by atoms with Crippen LogP contribution in [0.5, 0.6) is 0 Å². The molecule has 0 N–H and O–H groups in total. The van der Waals surface area contributed by atoms with Crippen molar-refractivity contribution in [1.82, 2.24) is 14.7 Å². The Morgan fingerprint density at radius 1 is 1.03 bits per heavy atom. The largest absolute Gasteiger partial charge is 0.443 e. The summed E-state index contributed by atoms with van der Waals surface area (Å²) in [7, 11) is 1.79. The standard InChI is InChI=1S/C28H43N3O5/c1-27(2,3)35-25(32)30(26(33)36-28(4,5)6)16-18-14-20(15-18)31-17-22(24(29-31)19-12-13-19)21-10-8-9-11-23(21)34-7/h10,17-20,23H,8-9,11-16H2,1-7H3/t18-,20-,23?. The maximum atomic E-state index is 12.8. The molecule has 0 bridgehead atoms. The molecule has 1 aromatic rings. The van der Waals surface area contributed by atoms with Crippen molar-refractivity contribution in [2.45, 2.75) is 116 Å². The van der Waals surface area contributed by atoms with E-state index in [1.807, 2.05) is 0 Å². The molecular weight excluding hydrogens is 458 g/mol. The molecule has 1 atom stereocenters. The quantitative estimate of drug-likeness (QED) is 0.444. The van der Waals surface area contributed by atoms with Crippen LogP contribution in [-0.2, 0) is 14.2 Å². The van der Waals surface area contributed by atoms with Crippen molar-refractivity contribution in [1.29, 1.82) is 0 Å². The lowest BCUT2D eigenvalue weighted by molar-refractivity contribution is -0.00641. The van der Waals surface area contributed by atoms with Crippen LogP contribution >= 0.6 is 0 Å². The molecule has 2 saturated carbocycles. The summed E-state index contributed by atoms with van der Waals surface area (Å²) in [6.45, 7) is 11.0. The van der Waals surface area contributed by atoms with Crippen molar-refractivity contribution in [3.63, 3.8) is 0 Å². The zero-order valence-electron chi connectivity index (χ0n) is 23.0. The fourth-order valence-corrected chi connectivity index (χ4v) is 5.03. The molecule has 36 heavy (non-hydrogen) atoms. The lowest BCUT2D eigenvalue weighted by Crippen LogP contribution is -2.47. The molecule has 1 heterocycles. The second-order valence-electron chi connectivity index (χ2n) is 12.6. The van der Waals surface area contributed by atoms with Crippen molar-refractivity contribution in [3.8, 4) is 0 Å². The topological polar surface area (TPSA) is 82.9 Å². The zero-order valence-corrected chi connectivity index (χ0v) is 23.0. The van der Waals surface area contributed by atoms with Gasteiger partial charge in [0.1, 0.15) is 11.2 Å². The van der Waals surface area contributed by atoms with Crippen LogP contribution in [0, 0.1) is 5.92 Å². The number of hydrogen-bond acceptors (Lipinski definition) is 6. The maximum Gasteiger partial charge on any atom is 0.419 e. The van der Waals surface area contributed by atoms with E-state index in [1.165, 1.54) is 29.7 Å². The molecule has 2 amide bonds. The molecule has 0 saturated heterocycles. The SMILES string of the molecule is COC1CCCC=C1c1cn([C@H]2C[C@H](CN(C(=O)OC(C)(C)C)C(=O)OC(C)(C)C)C2)nc1C1CC1. The smallest absolute Gasteiger partial charge is 0.419 e. The van der Waals surface area contributed by atoms with Crippen LogP contribution in [0.2, 0.25) is 0 Å². The van der Waals surface area contributed by atoms with E-state index in [0.29, 0.717) is 5.92 Å². The Hall–Kier alpha value is -2.35. The number of carbonyl (C=O) groups is 2. The summed E-state index contributed by atoms with van der Waals surface area (Å²) in [6, 6.07) is 0.255. The lowest BCUT2D eigenvalue weighted by atomic mass is 9.80. The number of ether oxygens (including phenoxy) is 3. The Balaban J connectivity index is 1.45. The van der Waals surface area contributed by atoms with Gasteiger partial charge in [-0.05, 0) is 98.0 Å². The van der Waals surface area contributed by atoms with Gasteiger partial charge in [-0.1, -0.05) is 6.08 Å². The minimum Gasteiger partial charge on any atom is -0.443 e. The molecule has 4 rings (SSSR count). The third-order valence-corrected chi connectivity index (χ3v) is 6.96. The van der Waals surface area contributed by atoms with Crippen molar-refractivity contribution in [2.75, 3.05) is 13.7 Å². The predicted octanol–water partition coefficient (Wildman–Crippen LogP) is 6.47. The van der Waals surface area contributed by atoms with E-state index in [0.717, 1.165) is 37.0 Å². The Morgan fingerprint density at radius 2 is 1.64 bits per heavy atom. The summed E-state index contributed by atoms with van der Waals surface area (Å²) >= 11 is 0. The molecule has 0 aromatic carbocycles. The average molecular weight is 502 g/mol. The summed E-state index contributed by atoms with van der Waals surface area (Å²) in [5.41, 5.74) is 2.35. The van der Waals surface area contributed by atoms with Gasteiger partial charge in [-0.15, -0.1) is 0 Å². The van der Waals surface area contributed by atoms with Gasteiger partial charge in [0.05, 0.1) is 17.8 Å². The Morgan fingerprint density at radius 3 is 2.17 bits per heavy atom. The van der Waals surface area contributed by atoms with Gasteiger partial charge in [-0.3, -0.25) is 4.68 Å². The highest BCUT2D eigenvalue weighted by molar-refractivity contribution is 5.88. The van der Waals surface area contributed by atoms with E-state index in [1.54, 1.807) is 48.7 Å². The molecule has 200 valence electrons. The normalized spacial score (nSPS) is 24.5. The molecule has 8 heteroatoms. The molecule has 2 fully saturated rings. The van der Waals surface area contributed by atoms with Crippen molar-refractivity contribution < 1.29 is 23.8 Å². The highest BCUT2D eigenvalue weighted by Crippen LogP contribution is 2.46. The van der Waals surface area contributed by atoms with Gasteiger partial charge >= 0.3 is 12.2 Å². The maximum absolute atomic E-state index is 12.8. The number of allylic oxidation sites excluding steroid dienone is 1. The third kappa shape index (κ3) is 6.50. The highest BCUT2D eigenvalue weighted by atomic mass is 16.6. The van der Waals surface area contributed by atoms with E-state index in [-0.39, 0.29) is 24.6 Å². The fraction of sp³-hybridized carbons (Fsp3) is 0.750. The minimum absolute atomic E-state index is 0.138. The first-order valence-electron chi connectivity index (χ1n) is 13.4. The van der Waals surface area contributed by atoms with E-state index in [2.05, 4.69) is 17.0 Å². The number of carbonyl (C=O) groups excluding carboxylic acids is 2. The number of hydrogen-bond donors (Lipinski definition) is 0. The minimum atomic E-state index is -0.696. The van der Waals surface area contributed by atoms with Gasteiger partial charge in [-0.2, -0.15) is 5.10 Å². The molecule has 0 aliphatic heterocycles. The Labute approximate surface area is 215 Å². The first-order valence-corrected chi connectivity index (χ1v) is 13.4. The van der Waals surface area contributed by atoms with Crippen LogP contribution in [0.4, 0.5) is 9.59 Å². The van der Waals surface area contributed by atoms with E-state index < -0.39 is 23.4 Å². The monoisotopic (exact) mass is 501 g/mol. The summed E-state index contributed by atoms with van der Waals surface area (Å²) in [5.74, 6) is 0.722. The summed E-state index contributed by atoms with van der Waals surface area (Å²) in [4.78, 5) is 26.8. The predicted molar refractivity (Wildman–Crippen MR) is 138 cm³/mol. The van der Waals surface area contributed by atoms with Crippen LogP contribution < -0.4 is 0 Å². The summed E-state index contributed by atoms with van der Waals surface area (Å²) in [5, 5.41) is 5.04. The van der Waals surface area contributed by atoms with Gasteiger partial charge in [0.15, 0.2) is 0 Å². The summed E-state index contributed by atoms with van der Waals surface area (Å²) in [6.07, 6.45) is 10.7. The van der Waals surface area contributed by atoms with Crippen LogP contribution in [0.15, 0.2) is 12.3 Å². The molecule has 1 unspecified atom stereocenters. The molecule has 3 aliphatic carbocycles. The van der Waals surface area contributed by atoms with Crippen molar-refractivity contribution in [2.24, 2.45) is 5.92 Å². The van der Waals surface area contributed by atoms with Gasteiger partial charge < -0.3 is 14.2 Å².